The van der Waals surface area contributed by atoms with Gasteiger partial charge < -0.3 is 10.0 Å². The van der Waals surface area contributed by atoms with Gasteiger partial charge in [-0.1, -0.05) is 30.3 Å². The van der Waals surface area contributed by atoms with Crippen LogP contribution in [-0.2, 0) is 11.3 Å². The SMILES string of the molecule is O=C(O)C1CCCN(C(=O)c2ccc(=O)n(Cc3ccccc3)n2)C1. The first kappa shape index (κ1) is 16.9. The van der Waals surface area contributed by atoms with Crippen LogP contribution in [0.1, 0.15) is 28.9 Å². The van der Waals surface area contributed by atoms with Crippen LogP contribution >= 0.6 is 0 Å². The standard InChI is InChI=1S/C18H19N3O4/c22-16-9-8-15(19-21(16)11-13-5-2-1-3-6-13)17(23)20-10-4-7-14(12-20)18(24)25/h1-3,5-6,8-9,14H,4,7,10-12H2,(H,24,25). The molecule has 0 radical (unpaired) electrons. The number of hydrogen-bond acceptors (Lipinski definition) is 4. The molecule has 130 valence electrons. The molecule has 25 heavy (non-hydrogen) atoms. The van der Waals surface area contributed by atoms with Crippen LogP contribution in [0.25, 0.3) is 0 Å². The molecular weight excluding hydrogens is 322 g/mol. The van der Waals surface area contributed by atoms with Gasteiger partial charge in [-0.05, 0) is 24.5 Å². The summed E-state index contributed by atoms with van der Waals surface area (Å²) >= 11 is 0. The van der Waals surface area contributed by atoms with Crippen molar-refractivity contribution in [3.8, 4) is 0 Å². The molecule has 1 atom stereocenters. The molecule has 1 aromatic carbocycles. The van der Waals surface area contributed by atoms with Gasteiger partial charge in [-0.25, -0.2) is 4.68 Å². The van der Waals surface area contributed by atoms with E-state index in [2.05, 4.69) is 5.10 Å². The molecular formula is C18H19N3O4. The minimum absolute atomic E-state index is 0.154. The second-order valence-electron chi connectivity index (χ2n) is 6.13. The van der Waals surface area contributed by atoms with Gasteiger partial charge in [-0.2, -0.15) is 5.10 Å². The van der Waals surface area contributed by atoms with E-state index in [-0.39, 0.29) is 30.2 Å². The maximum absolute atomic E-state index is 12.6. The van der Waals surface area contributed by atoms with Crippen LogP contribution in [-0.4, -0.2) is 44.8 Å². The number of amides is 1. The van der Waals surface area contributed by atoms with Gasteiger partial charge in [0.15, 0.2) is 0 Å². The van der Waals surface area contributed by atoms with Gasteiger partial charge in [0.05, 0.1) is 12.5 Å². The Labute approximate surface area is 144 Å². The van der Waals surface area contributed by atoms with Gasteiger partial charge in [0, 0.05) is 19.2 Å². The summed E-state index contributed by atoms with van der Waals surface area (Å²) in [5, 5.41) is 13.3. The molecule has 1 amide bonds. The maximum atomic E-state index is 12.6. The third-order valence-corrected chi connectivity index (χ3v) is 4.32. The van der Waals surface area contributed by atoms with Gasteiger partial charge in [-0.15, -0.1) is 0 Å². The van der Waals surface area contributed by atoms with E-state index in [4.69, 9.17) is 5.11 Å². The van der Waals surface area contributed by atoms with E-state index < -0.39 is 11.9 Å². The first-order valence-electron chi connectivity index (χ1n) is 8.19. The average molecular weight is 341 g/mol. The monoisotopic (exact) mass is 341 g/mol. The second kappa shape index (κ2) is 7.29. The number of carbonyl (C=O) groups excluding carboxylic acids is 1. The Bertz CT molecular complexity index is 832. The Balaban J connectivity index is 1.80. The first-order chi connectivity index (χ1) is 12.0. The number of carbonyl (C=O) groups is 2. The molecule has 3 rings (SSSR count). The molecule has 0 saturated carbocycles. The number of carboxylic acids is 1. The third kappa shape index (κ3) is 3.93. The van der Waals surface area contributed by atoms with Crippen LogP contribution in [0.4, 0.5) is 0 Å². The van der Waals surface area contributed by atoms with E-state index in [9.17, 15) is 14.4 Å². The number of rotatable bonds is 4. The largest absolute Gasteiger partial charge is 0.481 e. The van der Waals surface area contributed by atoms with Crippen LogP contribution in [0, 0.1) is 5.92 Å². The van der Waals surface area contributed by atoms with Crippen molar-refractivity contribution in [1.29, 1.82) is 0 Å². The van der Waals surface area contributed by atoms with E-state index in [1.54, 1.807) is 0 Å². The number of aromatic nitrogens is 2. The van der Waals surface area contributed by atoms with Crippen molar-refractivity contribution in [3.63, 3.8) is 0 Å². The molecule has 1 unspecified atom stereocenters. The Morgan fingerprint density at radius 2 is 1.92 bits per heavy atom. The molecule has 1 aromatic heterocycles. The van der Waals surface area contributed by atoms with Crippen LogP contribution in [0.3, 0.4) is 0 Å². The normalized spacial score (nSPS) is 17.3. The minimum Gasteiger partial charge on any atom is -0.481 e. The number of aliphatic carboxylic acids is 1. The Kier molecular flexibility index (Phi) is 4.92. The number of hydrogen-bond donors (Lipinski definition) is 1. The van der Waals surface area contributed by atoms with Crippen LogP contribution in [0.5, 0.6) is 0 Å². The highest BCUT2D eigenvalue weighted by molar-refractivity contribution is 5.92. The average Bonchev–Trinajstić information content (AvgIpc) is 2.64. The Hall–Kier alpha value is -2.96. The van der Waals surface area contributed by atoms with Crippen molar-refractivity contribution in [2.24, 2.45) is 5.92 Å². The fourth-order valence-corrected chi connectivity index (χ4v) is 2.96. The van der Waals surface area contributed by atoms with Crippen molar-refractivity contribution in [1.82, 2.24) is 14.7 Å². The summed E-state index contributed by atoms with van der Waals surface area (Å²) < 4.78 is 1.25. The number of carboxylic acid groups (broad SMARTS) is 1. The van der Waals surface area contributed by atoms with Gasteiger partial charge in [0.2, 0.25) is 0 Å². The summed E-state index contributed by atoms with van der Waals surface area (Å²) in [6.07, 6.45) is 1.21. The zero-order chi connectivity index (χ0) is 17.8. The topological polar surface area (TPSA) is 92.5 Å². The lowest BCUT2D eigenvalue weighted by atomic mass is 9.98. The van der Waals surface area contributed by atoms with E-state index in [1.807, 2.05) is 30.3 Å². The molecule has 2 aromatic rings. The highest BCUT2D eigenvalue weighted by Crippen LogP contribution is 2.18. The predicted octanol–water partition coefficient (Wildman–Crippen LogP) is 1.23. The summed E-state index contributed by atoms with van der Waals surface area (Å²) in [4.78, 5) is 37.3. The predicted molar refractivity (Wildman–Crippen MR) is 90.3 cm³/mol. The smallest absolute Gasteiger partial charge is 0.308 e. The fourth-order valence-electron chi connectivity index (χ4n) is 2.96. The van der Waals surface area contributed by atoms with Crippen LogP contribution in [0.2, 0.25) is 0 Å². The Morgan fingerprint density at radius 1 is 1.16 bits per heavy atom. The number of nitrogens with zero attached hydrogens (tertiary/aromatic N) is 3. The van der Waals surface area contributed by atoms with Crippen molar-refractivity contribution in [3.05, 3.63) is 64.1 Å². The van der Waals surface area contributed by atoms with Gasteiger partial charge in [0.25, 0.3) is 11.5 Å². The van der Waals surface area contributed by atoms with E-state index in [1.165, 1.54) is 21.7 Å². The highest BCUT2D eigenvalue weighted by atomic mass is 16.4. The third-order valence-electron chi connectivity index (χ3n) is 4.32. The molecule has 1 saturated heterocycles. The molecule has 1 N–H and O–H groups in total. The van der Waals surface area contributed by atoms with Crippen molar-refractivity contribution in [2.75, 3.05) is 13.1 Å². The summed E-state index contributed by atoms with van der Waals surface area (Å²) in [7, 11) is 0. The van der Waals surface area contributed by atoms with Gasteiger partial charge in [-0.3, -0.25) is 14.4 Å². The summed E-state index contributed by atoms with van der Waals surface area (Å²) in [6, 6.07) is 12.1. The molecule has 0 spiro atoms. The molecule has 7 heteroatoms. The molecule has 7 nitrogen and oxygen atoms in total. The molecule has 1 aliphatic rings. The summed E-state index contributed by atoms with van der Waals surface area (Å²) in [6.45, 7) is 0.953. The van der Waals surface area contributed by atoms with E-state index in [0.717, 1.165) is 5.56 Å². The Morgan fingerprint density at radius 3 is 2.64 bits per heavy atom. The second-order valence-corrected chi connectivity index (χ2v) is 6.13. The first-order valence-corrected chi connectivity index (χ1v) is 8.19. The summed E-state index contributed by atoms with van der Waals surface area (Å²) in [5.74, 6) is -1.78. The zero-order valence-electron chi connectivity index (χ0n) is 13.7. The van der Waals surface area contributed by atoms with E-state index in [0.29, 0.717) is 19.4 Å². The van der Waals surface area contributed by atoms with E-state index >= 15 is 0 Å². The number of likely N-dealkylation sites (tertiary alicyclic amines) is 1. The number of piperidine rings is 1. The van der Waals surface area contributed by atoms with Crippen molar-refractivity contribution < 1.29 is 14.7 Å². The lowest BCUT2D eigenvalue weighted by Gasteiger charge is -2.30. The van der Waals surface area contributed by atoms with Gasteiger partial charge in [0.1, 0.15) is 5.69 Å². The van der Waals surface area contributed by atoms with Gasteiger partial charge >= 0.3 is 5.97 Å². The molecule has 0 bridgehead atoms. The molecule has 1 aliphatic heterocycles. The molecule has 0 aliphatic carbocycles. The van der Waals surface area contributed by atoms with Crippen LogP contribution < -0.4 is 5.56 Å². The van der Waals surface area contributed by atoms with Crippen molar-refractivity contribution in [2.45, 2.75) is 19.4 Å². The maximum Gasteiger partial charge on any atom is 0.308 e. The molecule has 2 heterocycles. The number of benzene rings is 1. The van der Waals surface area contributed by atoms with Crippen molar-refractivity contribution >= 4 is 11.9 Å². The highest BCUT2D eigenvalue weighted by Gasteiger charge is 2.29. The summed E-state index contributed by atoms with van der Waals surface area (Å²) in [5.41, 5.74) is 0.773. The molecule has 1 fully saturated rings. The zero-order valence-corrected chi connectivity index (χ0v) is 13.7. The van der Waals surface area contributed by atoms with Crippen LogP contribution in [0.15, 0.2) is 47.3 Å². The lowest BCUT2D eigenvalue weighted by molar-refractivity contribution is -0.143. The lowest BCUT2D eigenvalue weighted by Crippen LogP contribution is -2.43. The fraction of sp³-hybridized carbons (Fsp3) is 0.333. The quantitative estimate of drug-likeness (QED) is 0.903. The minimum atomic E-state index is -0.889.